The number of hydrogen-bond donors (Lipinski definition) is 0. The molecule has 0 spiro atoms. The largest absolute Gasteiger partial charge is 0.462 e. The van der Waals surface area contributed by atoms with Crippen LogP contribution in [-0.2, 0) is 28.6 Å². The van der Waals surface area contributed by atoms with Gasteiger partial charge in [0.15, 0.2) is 6.10 Å². The minimum atomic E-state index is -0.759. The van der Waals surface area contributed by atoms with Gasteiger partial charge in [-0.1, -0.05) is 240 Å². The molecular formula is C50H96O6. The molecule has 0 aliphatic carbocycles. The molecule has 0 aliphatic rings. The lowest BCUT2D eigenvalue weighted by atomic mass is 9.99. The predicted molar refractivity (Wildman–Crippen MR) is 238 cm³/mol. The third-order valence-corrected chi connectivity index (χ3v) is 11.7. The number of unbranched alkanes of at least 4 members (excludes halogenated alkanes) is 31. The van der Waals surface area contributed by atoms with Crippen molar-refractivity contribution in [2.45, 2.75) is 284 Å². The van der Waals surface area contributed by atoms with Gasteiger partial charge >= 0.3 is 17.9 Å². The Bertz CT molecular complexity index is 843. The maximum atomic E-state index is 12.7. The van der Waals surface area contributed by atoms with Crippen LogP contribution >= 0.6 is 0 Å². The molecule has 0 saturated heterocycles. The Hall–Kier alpha value is -1.59. The van der Waals surface area contributed by atoms with Crippen LogP contribution < -0.4 is 0 Å². The summed E-state index contributed by atoms with van der Waals surface area (Å²) in [4.78, 5) is 37.8. The van der Waals surface area contributed by atoms with Crippen LogP contribution in [-0.4, -0.2) is 37.2 Å². The van der Waals surface area contributed by atoms with E-state index in [1.54, 1.807) is 0 Å². The van der Waals surface area contributed by atoms with Crippen molar-refractivity contribution in [1.29, 1.82) is 0 Å². The Morgan fingerprint density at radius 1 is 0.357 bits per heavy atom. The molecule has 332 valence electrons. The summed E-state index contributed by atoms with van der Waals surface area (Å²) < 4.78 is 16.7. The fourth-order valence-electron chi connectivity index (χ4n) is 7.48. The van der Waals surface area contributed by atoms with Gasteiger partial charge in [0.2, 0.25) is 0 Å². The Kier molecular flexibility index (Phi) is 43.2. The SMILES string of the molecule is CCCCCCCCCCCCCCCCCCCC(=O)OC[C@H](COC(=O)CCCCCCCCCCC(C)CC)OC(=O)CCCCCCCCCCC. The number of esters is 3. The molecule has 0 amide bonds. The summed E-state index contributed by atoms with van der Waals surface area (Å²) in [6.07, 6.45) is 45.1. The van der Waals surface area contributed by atoms with Gasteiger partial charge in [-0.3, -0.25) is 14.4 Å². The summed E-state index contributed by atoms with van der Waals surface area (Å²) in [6.45, 7) is 9.00. The highest BCUT2D eigenvalue weighted by Crippen LogP contribution is 2.17. The topological polar surface area (TPSA) is 78.9 Å². The summed E-state index contributed by atoms with van der Waals surface area (Å²) in [5.74, 6) is -0.00399. The predicted octanol–water partition coefficient (Wildman–Crippen LogP) is 15.9. The third-order valence-electron chi connectivity index (χ3n) is 11.7. The zero-order valence-electron chi connectivity index (χ0n) is 38.1. The molecule has 0 aromatic rings. The Balaban J connectivity index is 4.24. The molecule has 0 bridgehead atoms. The molecule has 0 aromatic carbocycles. The van der Waals surface area contributed by atoms with Crippen molar-refractivity contribution in [2.75, 3.05) is 13.2 Å². The Labute approximate surface area is 348 Å². The molecule has 0 rings (SSSR count). The van der Waals surface area contributed by atoms with Gasteiger partial charge in [0.1, 0.15) is 13.2 Å². The maximum Gasteiger partial charge on any atom is 0.306 e. The molecule has 1 unspecified atom stereocenters. The van der Waals surface area contributed by atoms with Crippen molar-refractivity contribution in [1.82, 2.24) is 0 Å². The van der Waals surface area contributed by atoms with Crippen LogP contribution in [0.3, 0.4) is 0 Å². The van der Waals surface area contributed by atoms with Gasteiger partial charge < -0.3 is 14.2 Å². The highest BCUT2D eigenvalue weighted by Gasteiger charge is 2.19. The first-order valence-electron chi connectivity index (χ1n) is 24.9. The lowest BCUT2D eigenvalue weighted by Crippen LogP contribution is -2.30. The minimum absolute atomic E-state index is 0.0636. The molecular weight excluding hydrogens is 697 g/mol. The number of hydrogen-bond acceptors (Lipinski definition) is 6. The fourth-order valence-corrected chi connectivity index (χ4v) is 7.48. The van der Waals surface area contributed by atoms with E-state index in [-0.39, 0.29) is 31.1 Å². The van der Waals surface area contributed by atoms with Crippen LogP contribution in [0.15, 0.2) is 0 Å². The minimum Gasteiger partial charge on any atom is -0.462 e. The van der Waals surface area contributed by atoms with Crippen LogP contribution in [0.1, 0.15) is 278 Å². The van der Waals surface area contributed by atoms with Crippen LogP contribution in [0.2, 0.25) is 0 Å². The molecule has 0 aliphatic heterocycles. The number of ether oxygens (including phenoxy) is 3. The number of carbonyl (C=O) groups excluding carboxylic acids is 3. The quantitative estimate of drug-likeness (QED) is 0.0347. The first-order chi connectivity index (χ1) is 27.4. The van der Waals surface area contributed by atoms with Crippen LogP contribution in [0.4, 0.5) is 0 Å². The highest BCUT2D eigenvalue weighted by molar-refractivity contribution is 5.71. The summed E-state index contributed by atoms with van der Waals surface area (Å²) in [5, 5.41) is 0. The number of carbonyl (C=O) groups is 3. The monoisotopic (exact) mass is 793 g/mol. The average molecular weight is 793 g/mol. The maximum absolute atomic E-state index is 12.7. The van der Waals surface area contributed by atoms with E-state index in [0.29, 0.717) is 19.3 Å². The second-order valence-electron chi connectivity index (χ2n) is 17.3. The average Bonchev–Trinajstić information content (AvgIpc) is 3.19. The second kappa shape index (κ2) is 44.5. The second-order valence-corrected chi connectivity index (χ2v) is 17.3. The van der Waals surface area contributed by atoms with Gasteiger partial charge in [-0.15, -0.1) is 0 Å². The standard InChI is InChI=1S/C50H96O6/c1-5-8-10-12-14-16-17-18-19-20-21-22-23-25-29-33-37-41-48(51)54-44-47(56-50(53)43-39-35-31-24-15-13-11-9-6-2)45-55-49(52)42-38-34-30-27-26-28-32-36-40-46(4)7-3/h46-47H,5-45H2,1-4H3/t46?,47-/m1/s1. The molecule has 0 radical (unpaired) electrons. The molecule has 0 heterocycles. The van der Waals surface area contributed by atoms with Crippen molar-refractivity contribution in [3.05, 3.63) is 0 Å². The van der Waals surface area contributed by atoms with Gasteiger partial charge in [0.05, 0.1) is 0 Å². The smallest absolute Gasteiger partial charge is 0.306 e. The van der Waals surface area contributed by atoms with E-state index in [1.807, 2.05) is 0 Å². The van der Waals surface area contributed by atoms with E-state index in [1.165, 1.54) is 173 Å². The normalized spacial score (nSPS) is 12.4. The summed E-state index contributed by atoms with van der Waals surface area (Å²) in [6, 6.07) is 0. The number of rotatable bonds is 45. The molecule has 0 aromatic heterocycles. The van der Waals surface area contributed by atoms with E-state index in [0.717, 1.165) is 63.7 Å². The van der Waals surface area contributed by atoms with Crippen molar-refractivity contribution in [3.8, 4) is 0 Å². The van der Waals surface area contributed by atoms with Gasteiger partial charge in [-0.2, -0.15) is 0 Å². The van der Waals surface area contributed by atoms with Gasteiger partial charge in [-0.25, -0.2) is 0 Å². The van der Waals surface area contributed by atoms with Crippen molar-refractivity contribution >= 4 is 17.9 Å². The van der Waals surface area contributed by atoms with Gasteiger partial charge in [0.25, 0.3) is 0 Å². The van der Waals surface area contributed by atoms with E-state index in [2.05, 4.69) is 27.7 Å². The van der Waals surface area contributed by atoms with Gasteiger partial charge in [0, 0.05) is 19.3 Å². The Morgan fingerprint density at radius 3 is 0.929 bits per heavy atom. The summed E-state index contributed by atoms with van der Waals surface area (Å²) in [7, 11) is 0. The Morgan fingerprint density at radius 2 is 0.625 bits per heavy atom. The molecule has 0 fully saturated rings. The zero-order valence-corrected chi connectivity index (χ0v) is 38.1. The van der Waals surface area contributed by atoms with Crippen LogP contribution in [0.5, 0.6) is 0 Å². The molecule has 0 N–H and O–H groups in total. The molecule has 6 nitrogen and oxygen atoms in total. The molecule has 6 heteroatoms. The lowest BCUT2D eigenvalue weighted by Gasteiger charge is -2.18. The van der Waals surface area contributed by atoms with Crippen LogP contribution in [0, 0.1) is 5.92 Å². The molecule has 0 saturated carbocycles. The van der Waals surface area contributed by atoms with Gasteiger partial charge in [-0.05, 0) is 25.2 Å². The van der Waals surface area contributed by atoms with E-state index >= 15 is 0 Å². The summed E-state index contributed by atoms with van der Waals surface area (Å²) in [5.41, 5.74) is 0. The first kappa shape index (κ1) is 54.4. The first-order valence-corrected chi connectivity index (χ1v) is 24.9. The van der Waals surface area contributed by atoms with E-state index in [9.17, 15) is 14.4 Å². The molecule has 56 heavy (non-hydrogen) atoms. The fraction of sp³-hybridized carbons (Fsp3) is 0.940. The van der Waals surface area contributed by atoms with Crippen molar-refractivity contribution in [2.24, 2.45) is 5.92 Å². The van der Waals surface area contributed by atoms with E-state index in [4.69, 9.17) is 14.2 Å². The summed E-state index contributed by atoms with van der Waals surface area (Å²) >= 11 is 0. The zero-order chi connectivity index (χ0) is 41.0. The molecule has 2 atom stereocenters. The van der Waals surface area contributed by atoms with Crippen LogP contribution in [0.25, 0.3) is 0 Å². The van der Waals surface area contributed by atoms with Crippen molar-refractivity contribution in [3.63, 3.8) is 0 Å². The van der Waals surface area contributed by atoms with E-state index < -0.39 is 6.10 Å². The highest BCUT2D eigenvalue weighted by atomic mass is 16.6. The van der Waals surface area contributed by atoms with Crippen molar-refractivity contribution < 1.29 is 28.6 Å². The third kappa shape index (κ3) is 42.0. The lowest BCUT2D eigenvalue weighted by molar-refractivity contribution is -0.167.